The Kier molecular flexibility index (Phi) is 5.48. The minimum Gasteiger partial charge on any atom is -0.606 e. The average Bonchev–Trinajstić information content (AvgIpc) is 3.23. The molecule has 29 heavy (non-hydrogen) atoms. The van der Waals surface area contributed by atoms with Crippen LogP contribution in [0.5, 0.6) is 0 Å². The Labute approximate surface area is 175 Å². The van der Waals surface area contributed by atoms with E-state index in [2.05, 4.69) is 45.0 Å². The predicted molar refractivity (Wildman–Crippen MR) is 118 cm³/mol. The first kappa shape index (κ1) is 19.7. The number of aliphatic imine (C=N–C) groups is 1. The third kappa shape index (κ3) is 4.24. The lowest BCUT2D eigenvalue weighted by Gasteiger charge is -2.19. The van der Waals surface area contributed by atoms with Crippen molar-refractivity contribution in [1.29, 1.82) is 0 Å². The molecular weight excluding hydrogens is 378 g/mol. The van der Waals surface area contributed by atoms with E-state index in [0.29, 0.717) is 12.5 Å². The lowest BCUT2D eigenvalue weighted by molar-refractivity contribution is 0.319. The Balaban J connectivity index is 1.63. The highest BCUT2D eigenvalue weighted by Crippen LogP contribution is 2.31. The van der Waals surface area contributed by atoms with Gasteiger partial charge in [0.05, 0.1) is 5.56 Å². The van der Waals surface area contributed by atoms with Crippen LogP contribution in [0, 0.1) is 0 Å². The van der Waals surface area contributed by atoms with Gasteiger partial charge in [-0.05, 0) is 40.8 Å². The SMILES string of the molecule is CC(C)(C)c1ccc([S@@+]([O-])c2ccccc2C2=N[C@@H](c3ccccc3)CO2)cc1. The highest BCUT2D eigenvalue weighted by Gasteiger charge is 2.28. The second-order valence-electron chi connectivity index (χ2n) is 8.21. The molecule has 2 atom stereocenters. The second kappa shape index (κ2) is 8.05. The van der Waals surface area contributed by atoms with Gasteiger partial charge >= 0.3 is 0 Å². The fourth-order valence-corrected chi connectivity index (χ4v) is 4.57. The third-order valence-electron chi connectivity index (χ3n) is 5.09. The molecule has 0 aliphatic carbocycles. The van der Waals surface area contributed by atoms with Crippen LogP contribution in [0.3, 0.4) is 0 Å². The van der Waals surface area contributed by atoms with Crippen molar-refractivity contribution in [3.63, 3.8) is 0 Å². The maximum Gasteiger partial charge on any atom is 0.222 e. The molecule has 3 aromatic carbocycles. The molecule has 0 aromatic heterocycles. The lowest BCUT2D eigenvalue weighted by Crippen LogP contribution is -2.13. The van der Waals surface area contributed by atoms with E-state index in [1.54, 1.807) is 0 Å². The van der Waals surface area contributed by atoms with Crippen molar-refractivity contribution in [1.82, 2.24) is 0 Å². The molecule has 4 heteroatoms. The fraction of sp³-hybridized carbons (Fsp3) is 0.240. The molecule has 148 valence electrons. The molecule has 0 bridgehead atoms. The zero-order valence-electron chi connectivity index (χ0n) is 17.0. The number of nitrogens with zero attached hydrogens (tertiary/aromatic N) is 1. The van der Waals surface area contributed by atoms with Crippen molar-refractivity contribution in [2.45, 2.75) is 42.0 Å². The van der Waals surface area contributed by atoms with Crippen LogP contribution in [0.2, 0.25) is 0 Å². The molecule has 0 saturated heterocycles. The van der Waals surface area contributed by atoms with E-state index in [-0.39, 0.29) is 11.5 Å². The average molecular weight is 404 g/mol. The van der Waals surface area contributed by atoms with Gasteiger partial charge in [-0.1, -0.05) is 75.4 Å². The summed E-state index contributed by atoms with van der Waals surface area (Å²) in [6.45, 7) is 7.02. The molecule has 1 aliphatic heterocycles. The van der Waals surface area contributed by atoms with Crippen LogP contribution < -0.4 is 0 Å². The predicted octanol–water partition coefficient (Wildman–Crippen LogP) is 5.67. The van der Waals surface area contributed by atoms with Gasteiger partial charge in [0, 0.05) is 11.2 Å². The summed E-state index contributed by atoms with van der Waals surface area (Å²) < 4.78 is 19.2. The Morgan fingerprint density at radius 3 is 2.24 bits per heavy atom. The van der Waals surface area contributed by atoms with Crippen molar-refractivity contribution >= 4 is 17.1 Å². The van der Waals surface area contributed by atoms with Crippen LogP contribution in [-0.2, 0) is 21.3 Å². The first-order valence-electron chi connectivity index (χ1n) is 9.81. The van der Waals surface area contributed by atoms with Gasteiger partial charge in [-0.25, -0.2) is 4.99 Å². The third-order valence-corrected chi connectivity index (χ3v) is 6.54. The van der Waals surface area contributed by atoms with Gasteiger partial charge in [-0.2, -0.15) is 0 Å². The van der Waals surface area contributed by atoms with Gasteiger partial charge in [0.15, 0.2) is 9.79 Å². The molecule has 1 heterocycles. The van der Waals surface area contributed by atoms with Crippen molar-refractivity contribution in [3.05, 3.63) is 95.6 Å². The number of hydrogen-bond donors (Lipinski definition) is 0. The summed E-state index contributed by atoms with van der Waals surface area (Å²) >= 11 is -1.31. The van der Waals surface area contributed by atoms with E-state index >= 15 is 0 Å². The van der Waals surface area contributed by atoms with E-state index in [9.17, 15) is 4.55 Å². The lowest BCUT2D eigenvalue weighted by atomic mass is 9.87. The van der Waals surface area contributed by atoms with Crippen LogP contribution in [0.15, 0.2) is 93.6 Å². The number of rotatable bonds is 4. The van der Waals surface area contributed by atoms with E-state index in [0.717, 1.165) is 20.9 Å². The Morgan fingerprint density at radius 1 is 0.897 bits per heavy atom. The van der Waals surface area contributed by atoms with E-state index < -0.39 is 11.2 Å². The van der Waals surface area contributed by atoms with Crippen LogP contribution in [0.4, 0.5) is 0 Å². The molecule has 3 aromatic rings. The summed E-state index contributed by atoms with van der Waals surface area (Å²) in [7, 11) is 0. The maximum absolute atomic E-state index is 13.3. The van der Waals surface area contributed by atoms with Crippen molar-refractivity contribution in [3.8, 4) is 0 Å². The van der Waals surface area contributed by atoms with Crippen LogP contribution in [0.1, 0.15) is 43.5 Å². The summed E-state index contributed by atoms with van der Waals surface area (Å²) in [5.41, 5.74) is 3.21. The minimum atomic E-state index is -1.31. The molecule has 4 rings (SSSR count). The highest BCUT2D eigenvalue weighted by atomic mass is 32.2. The molecule has 0 unspecified atom stereocenters. The van der Waals surface area contributed by atoms with E-state index in [1.807, 2.05) is 54.6 Å². The summed E-state index contributed by atoms with van der Waals surface area (Å²) in [5.74, 6) is 0.564. The maximum atomic E-state index is 13.3. The normalized spacial score (nSPS) is 17.5. The largest absolute Gasteiger partial charge is 0.606 e. The smallest absolute Gasteiger partial charge is 0.222 e. The second-order valence-corrected chi connectivity index (χ2v) is 9.66. The van der Waals surface area contributed by atoms with Crippen molar-refractivity contribution < 1.29 is 9.29 Å². The molecule has 3 nitrogen and oxygen atoms in total. The highest BCUT2D eigenvalue weighted by molar-refractivity contribution is 7.91. The summed E-state index contributed by atoms with van der Waals surface area (Å²) in [5, 5.41) is 0. The number of hydrogen-bond acceptors (Lipinski definition) is 3. The van der Waals surface area contributed by atoms with E-state index in [1.165, 1.54) is 5.56 Å². The van der Waals surface area contributed by atoms with E-state index in [4.69, 9.17) is 9.73 Å². The van der Waals surface area contributed by atoms with Crippen molar-refractivity contribution in [2.75, 3.05) is 6.61 Å². The zero-order chi connectivity index (χ0) is 20.4. The Hall–Kier alpha value is -2.56. The van der Waals surface area contributed by atoms with Gasteiger partial charge in [-0.3, -0.25) is 0 Å². The van der Waals surface area contributed by atoms with Gasteiger partial charge in [-0.15, -0.1) is 0 Å². The number of benzene rings is 3. The summed E-state index contributed by atoms with van der Waals surface area (Å²) in [4.78, 5) is 6.28. The fourth-order valence-electron chi connectivity index (χ4n) is 3.38. The molecule has 0 N–H and O–H groups in total. The van der Waals surface area contributed by atoms with Crippen LogP contribution >= 0.6 is 0 Å². The van der Waals surface area contributed by atoms with Gasteiger partial charge in [0.2, 0.25) is 5.90 Å². The first-order chi connectivity index (χ1) is 13.9. The molecule has 1 aliphatic rings. The molecule has 0 spiro atoms. The van der Waals surface area contributed by atoms with Gasteiger partial charge in [0.25, 0.3) is 0 Å². The molecule has 0 radical (unpaired) electrons. The summed E-state index contributed by atoms with van der Waals surface area (Å²) in [6.07, 6.45) is 0. The van der Waals surface area contributed by atoms with Crippen LogP contribution in [-0.4, -0.2) is 17.1 Å². The van der Waals surface area contributed by atoms with Gasteiger partial charge in [0.1, 0.15) is 12.6 Å². The first-order valence-corrected chi connectivity index (χ1v) is 11.0. The quantitative estimate of drug-likeness (QED) is 0.527. The van der Waals surface area contributed by atoms with Gasteiger partial charge < -0.3 is 9.29 Å². The Morgan fingerprint density at radius 2 is 1.55 bits per heavy atom. The minimum absolute atomic E-state index is 0.0289. The zero-order valence-corrected chi connectivity index (χ0v) is 17.8. The molecular formula is C25H25NO2S. The molecule has 0 saturated carbocycles. The molecule has 0 amide bonds. The summed E-state index contributed by atoms with van der Waals surface area (Å²) in [6, 6.07) is 25.8. The standard InChI is InChI=1S/C25H25NO2S/c1-25(2,3)19-13-15-20(16-14-19)29(27)23-12-8-7-11-21(23)24-26-22(17-28-24)18-9-5-4-6-10-18/h4-16,22H,17H2,1-3H3/t22-,29-/m1/s1. The monoisotopic (exact) mass is 403 g/mol. The Bertz CT molecular complexity index is 1010. The number of ether oxygens (including phenoxy) is 1. The van der Waals surface area contributed by atoms with Crippen molar-refractivity contribution in [2.24, 2.45) is 4.99 Å². The molecule has 0 fully saturated rings. The van der Waals surface area contributed by atoms with Crippen LogP contribution in [0.25, 0.3) is 0 Å². The topological polar surface area (TPSA) is 44.7 Å².